The highest BCUT2D eigenvalue weighted by Crippen LogP contribution is 2.12. The summed E-state index contributed by atoms with van der Waals surface area (Å²) in [5, 5.41) is 0. The van der Waals surface area contributed by atoms with Gasteiger partial charge in [0.25, 0.3) is 0 Å². The van der Waals surface area contributed by atoms with E-state index in [2.05, 4.69) is 179 Å². The Kier molecular flexibility index (Phi) is 55.5. The second-order valence-electron chi connectivity index (χ2n) is 18.5. The number of carbonyl (C=O) groups is 3. The SMILES string of the molecule is CC/C=C\C/C=C\C/C=C\C/C=C\C/C=C\C/C=C\C/C=C\C/C=C\C/C=C\CCCC(=O)OCC(COC(=O)CCCCCCC/C=C\C/C=C\CCC)OC(=O)CCCCCCC/C=C\C/C=C\CCC. The van der Waals surface area contributed by atoms with Gasteiger partial charge in [0.05, 0.1) is 0 Å². The molecule has 1 unspecified atom stereocenters. The van der Waals surface area contributed by atoms with E-state index in [4.69, 9.17) is 14.2 Å². The molecule has 0 heterocycles. The average Bonchev–Trinajstić information content (AvgIpc) is 3.39. The van der Waals surface area contributed by atoms with Gasteiger partial charge in [-0.2, -0.15) is 0 Å². The summed E-state index contributed by atoms with van der Waals surface area (Å²) in [6.45, 7) is 6.30. The third-order valence-corrected chi connectivity index (χ3v) is 11.4. The van der Waals surface area contributed by atoms with Crippen molar-refractivity contribution in [2.24, 2.45) is 0 Å². The maximum Gasteiger partial charge on any atom is 0.306 e. The Morgan fingerprint density at radius 2 is 0.548 bits per heavy atom. The number of allylic oxidation sites excluding steroid dienone is 26. The van der Waals surface area contributed by atoms with Gasteiger partial charge in [0.15, 0.2) is 6.10 Å². The fourth-order valence-corrected chi connectivity index (χ4v) is 7.16. The van der Waals surface area contributed by atoms with Crippen LogP contribution in [-0.4, -0.2) is 37.2 Å². The van der Waals surface area contributed by atoms with Crippen LogP contribution >= 0.6 is 0 Å². The molecule has 0 N–H and O–H groups in total. The molecule has 0 bridgehead atoms. The van der Waals surface area contributed by atoms with Crippen molar-refractivity contribution in [1.29, 1.82) is 0 Å². The van der Waals surface area contributed by atoms with Crippen molar-refractivity contribution in [1.82, 2.24) is 0 Å². The quantitative estimate of drug-likeness (QED) is 0.0261. The van der Waals surface area contributed by atoms with Gasteiger partial charge in [-0.25, -0.2) is 0 Å². The molecule has 0 rings (SSSR count). The standard InChI is InChI=1S/C67H104O6/c1-4-7-10-13-16-19-22-25-26-27-28-29-30-31-32-33-34-35-36-37-38-39-40-43-45-48-51-54-57-60-66(69)72-63-64(73-67(70)61-58-55-52-49-46-42-24-21-18-15-12-9-6-3)62-71-65(68)59-56-53-50-47-44-41-23-20-17-14-11-8-5-2/h7,10-12,14-16,19-21,23-26,28-29,31-32,34-35,37-38,40,43,48,51,64H,4-6,8-9,13,17-18,22,27,30,33,36,39,41-42,44-47,49-50,52-63H2,1-3H3/b10-7-,14-11-,15-12-,19-16-,23-20-,24-21-,26-25-,29-28-,32-31-,35-34-,38-37-,43-40-,51-48-. The van der Waals surface area contributed by atoms with Crippen LogP contribution in [0.2, 0.25) is 0 Å². The first-order chi connectivity index (χ1) is 36.0. The van der Waals surface area contributed by atoms with Crippen LogP contribution in [0.1, 0.15) is 226 Å². The summed E-state index contributed by atoms with van der Waals surface area (Å²) in [5.74, 6) is -1.02. The second kappa shape index (κ2) is 59.6. The van der Waals surface area contributed by atoms with Gasteiger partial charge in [-0.15, -0.1) is 0 Å². The summed E-state index contributed by atoms with van der Waals surface area (Å²) in [7, 11) is 0. The molecule has 0 aliphatic carbocycles. The number of esters is 3. The third-order valence-electron chi connectivity index (χ3n) is 11.4. The minimum Gasteiger partial charge on any atom is -0.462 e. The highest BCUT2D eigenvalue weighted by Gasteiger charge is 2.19. The molecule has 6 heteroatoms. The van der Waals surface area contributed by atoms with Gasteiger partial charge in [-0.05, 0) is 135 Å². The first kappa shape index (κ1) is 68.0. The van der Waals surface area contributed by atoms with Gasteiger partial charge in [0.1, 0.15) is 13.2 Å². The van der Waals surface area contributed by atoms with Crippen LogP contribution in [0.3, 0.4) is 0 Å². The van der Waals surface area contributed by atoms with Crippen molar-refractivity contribution in [3.8, 4) is 0 Å². The van der Waals surface area contributed by atoms with Crippen molar-refractivity contribution in [2.45, 2.75) is 232 Å². The first-order valence-electron chi connectivity index (χ1n) is 29.0. The Morgan fingerprint density at radius 3 is 0.890 bits per heavy atom. The fraction of sp³-hybridized carbons (Fsp3) is 0.567. The fourth-order valence-electron chi connectivity index (χ4n) is 7.16. The summed E-state index contributed by atoms with van der Waals surface area (Å²) < 4.78 is 16.8. The number of carbonyl (C=O) groups excluding carboxylic acids is 3. The van der Waals surface area contributed by atoms with Crippen molar-refractivity contribution >= 4 is 17.9 Å². The molecule has 0 aromatic carbocycles. The maximum atomic E-state index is 12.8. The molecule has 0 aromatic rings. The molecule has 0 spiro atoms. The van der Waals surface area contributed by atoms with Gasteiger partial charge in [0.2, 0.25) is 0 Å². The van der Waals surface area contributed by atoms with Gasteiger partial charge in [-0.1, -0.05) is 230 Å². The van der Waals surface area contributed by atoms with E-state index in [-0.39, 0.29) is 44.0 Å². The lowest BCUT2D eigenvalue weighted by Gasteiger charge is -2.18. The Hall–Kier alpha value is -4.97. The molecule has 0 aliphatic heterocycles. The molecule has 0 amide bonds. The largest absolute Gasteiger partial charge is 0.462 e. The predicted octanol–water partition coefficient (Wildman–Crippen LogP) is 19.8. The lowest BCUT2D eigenvalue weighted by Crippen LogP contribution is -2.30. The van der Waals surface area contributed by atoms with Crippen LogP contribution in [0, 0.1) is 0 Å². The van der Waals surface area contributed by atoms with E-state index in [1.807, 2.05) is 0 Å². The molecular formula is C67H104O6. The van der Waals surface area contributed by atoms with Crippen LogP contribution < -0.4 is 0 Å². The Balaban J connectivity index is 4.45. The van der Waals surface area contributed by atoms with Gasteiger partial charge < -0.3 is 14.2 Å². The molecule has 6 nitrogen and oxygen atoms in total. The number of rotatable bonds is 50. The molecule has 73 heavy (non-hydrogen) atoms. The predicted molar refractivity (Wildman–Crippen MR) is 315 cm³/mol. The van der Waals surface area contributed by atoms with Crippen LogP contribution in [0.4, 0.5) is 0 Å². The van der Waals surface area contributed by atoms with Gasteiger partial charge >= 0.3 is 17.9 Å². The summed E-state index contributed by atoms with van der Waals surface area (Å²) in [6, 6.07) is 0. The van der Waals surface area contributed by atoms with Crippen LogP contribution in [-0.2, 0) is 28.6 Å². The van der Waals surface area contributed by atoms with E-state index in [0.717, 1.165) is 167 Å². The lowest BCUT2D eigenvalue weighted by molar-refractivity contribution is -0.167. The van der Waals surface area contributed by atoms with Crippen molar-refractivity contribution in [3.05, 3.63) is 158 Å². The molecule has 0 aliphatic rings. The van der Waals surface area contributed by atoms with E-state index in [1.165, 1.54) is 12.8 Å². The highest BCUT2D eigenvalue weighted by molar-refractivity contribution is 5.71. The second-order valence-corrected chi connectivity index (χ2v) is 18.5. The van der Waals surface area contributed by atoms with Crippen LogP contribution in [0.5, 0.6) is 0 Å². The first-order valence-corrected chi connectivity index (χ1v) is 29.0. The summed E-state index contributed by atoms with van der Waals surface area (Å²) in [4.78, 5) is 38.1. The number of unbranched alkanes of at least 4 members (excludes halogenated alkanes) is 13. The Labute approximate surface area is 448 Å². The molecule has 0 aromatic heterocycles. The van der Waals surface area contributed by atoms with E-state index in [9.17, 15) is 14.4 Å². The zero-order valence-corrected chi connectivity index (χ0v) is 46.6. The zero-order valence-electron chi connectivity index (χ0n) is 46.6. The smallest absolute Gasteiger partial charge is 0.306 e. The van der Waals surface area contributed by atoms with Crippen LogP contribution in [0.25, 0.3) is 0 Å². The van der Waals surface area contributed by atoms with Crippen molar-refractivity contribution in [2.75, 3.05) is 13.2 Å². The molecule has 0 saturated carbocycles. The van der Waals surface area contributed by atoms with E-state index in [1.54, 1.807) is 0 Å². The van der Waals surface area contributed by atoms with Gasteiger partial charge in [0, 0.05) is 19.3 Å². The number of hydrogen-bond donors (Lipinski definition) is 0. The van der Waals surface area contributed by atoms with Gasteiger partial charge in [-0.3, -0.25) is 14.4 Å². The lowest BCUT2D eigenvalue weighted by atomic mass is 10.1. The molecule has 1 atom stereocenters. The number of hydrogen-bond acceptors (Lipinski definition) is 6. The molecule has 0 radical (unpaired) electrons. The maximum absolute atomic E-state index is 12.8. The Bertz CT molecular complexity index is 1670. The normalized spacial score (nSPS) is 13.3. The number of ether oxygens (including phenoxy) is 3. The molecular weight excluding hydrogens is 901 g/mol. The van der Waals surface area contributed by atoms with Crippen molar-refractivity contribution < 1.29 is 28.6 Å². The molecule has 0 fully saturated rings. The highest BCUT2D eigenvalue weighted by atomic mass is 16.6. The van der Waals surface area contributed by atoms with E-state index in [0.29, 0.717) is 12.8 Å². The Morgan fingerprint density at radius 1 is 0.288 bits per heavy atom. The average molecular weight is 1010 g/mol. The zero-order chi connectivity index (χ0) is 52.9. The van der Waals surface area contributed by atoms with Crippen LogP contribution in [0.15, 0.2) is 158 Å². The van der Waals surface area contributed by atoms with E-state index >= 15 is 0 Å². The monoisotopic (exact) mass is 1000 g/mol. The molecule has 0 saturated heterocycles. The van der Waals surface area contributed by atoms with E-state index < -0.39 is 6.10 Å². The summed E-state index contributed by atoms with van der Waals surface area (Å²) >= 11 is 0. The minimum atomic E-state index is -0.822. The summed E-state index contributed by atoms with van der Waals surface area (Å²) in [5.41, 5.74) is 0. The third kappa shape index (κ3) is 57.8. The van der Waals surface area contributed by atoms with Crippen molar-refractivity contribution in [3.63, 3.8) is 0 Å². The minimum absolute atomic E-state index is 0.116. The summed E-state index contributed by atoms with van der Waals surface area (Å²) in [6.07, 6.45) is 86.7. The molecule has 408 valence electrons. The topological polar surface area (TPSA) is 78.9 Å².